The molecular weight excluding hydrogens is 260 g/mol. The van der Waals surface area contributed by atoms with Crippen molar-refractivity contribution in [3.05, 3.63) is 59.2 Å². The summed E-state index contributed by atoms with van der Waals surface area (Å²) in [6.45, 7) is 2.65. The first-order chi connectivity index (χ1) is 10.4. The highest BCUT2D eigenvalue weighted by Crippen LogP contribution is 2.27. The number of methoxy groups -OCH3 is 1. The molecule has 0 fully saturated rings. The molecule has 0 aliphatic carbocycles. The normalized spacial score (nSPS) is 12.8. The summed E-state index contributed by atoms with van der Waals surface area (Å²) in [5.74, 6) is 0. The molecular formula is C18H22N2O. The number of ether oxygens (including phenoxy) is 1. The third-order valence-corrected chi connectivity index (χ3v) is 4.00. The van der Waals surface area contributed by atoms with Crippen LogP contribution in [0.1, 0.15) is 16.7 Å². The Bertz CT molecular complexity index is 610. The van der Waals surface area contributed by atoms with E-state index >= 15 is 0 Å². The topological polar surface area (TPSA) is 33.3 Å². The predicted molar refractivity (Wildman–Crippen MR) is 88.0 cm³/mol. The van der Waals surface area contributed by atoms with Crippen molar-refractivity contribution >= 4 is 11.4 Å². The van der Waals surface area contributed by atoms with Gasteiger partial charge in [-0.15, -0.1) is 0 Å². The van der Waals surface area contributed by atoms with Gasteiger partial charge in [0, 0.05) is 31.6 Å². The van der Waals surface area contributed by atoms with Crippen LogP contribution in [0.25, 0.3) is 0 Å². The summed E-state index contributed by atoms with van der Waals surface area (Å²) in [7, 11) is 1.75. The third-order valence-electron chi connectivity index (χ3n) is 4.00. The fourth-order valence-electron chi connectivity index (χ4n) is 2.87. The summed E-state index contributed by atoms with van der Waals surface area (Å²) >= 11 is 0. The summed E-state index contributed by atoms with van der Waals surface area (Å²) in [6, 6.07) is 15.0. The van der Waals surface area contributed by atoms with Crippen LogP contribution >= 0.6 is 0 Å². The fourth-order valence-corrected chi connectivity index (χ4v) is 2.87. The number of fused-ring (bicyclic) bond motifs is 1. The van der Waals surface area contributed by atoms with Crippen molar-refractivity contribution < 1.29 is 4.74 Å². The Morgan fingerprint density at radius 1 is 1.10 bits per heavy atom. The highest BCUT2D eigenvalue weighted by atomic mass is 16.5. The molecule has 0 radical (unpaired) electrons. The summed E-state index contributed by atoms with van der Waals surface area (Å²) in [4.78, 5) is 0. The minimum Gasteiger partial charge on any atom is -0.384 e. The molecule has 0 aromatic heterocycles. The van der Waals surface area contributed by atoms with Crippen LogP contribution in [0.5, 0.6) is 0 Å². The second-order valence-corrected chi connectivity index (χ2v) is 5.38. The quantitative estimate of drug-likeness (QED) is 0.851. The van der Waals surface area contributed by atoms with E-state index in [9.17, 15) is 0 Å². The van der Waals surface area contributed by atoms with Crippen LogP contribution in [0.2, 0.25) is 0 Å². The van der Waals surface area contributed by atoms with Crippen molar-refractivity contribution in [1.29, 1.82) is 0 Å². The van der Waals surface area contributed by atoms with Crippen LogP contribution in [0.4, 0.5) is 11.4 Å². The lowest BCUT2D eigenvalue weighted by molar-refractivity contribution is 0.202. The van der Waals surface area contributed by atoms with Gasteiger partial charge in [0.05, 0.1) is 6.61 Å². The lowest BCUT2D eigenvalue weighted by atomic mass is 10.1. The molecule has 110 valence electrons. The van der Waals surface area contributed by atoms with E-state index in [0.29, 0.717) is 0 Å². The molecule has 3 nitrogen and oxygen atoms in total. The number of hydrogen-bond donors (Lipinski definition) is 2. The summed E-state index contributed by atoms with van der Waals surface area (Å²) in [5, 5.41) is 7.07. The molecule has 3 rings (SSSR count). The maximum absolute atomic E-state index is 5.19. The number of hydrogen-bond acceptors (Lipinski definition) is 3. The number of anilines is 2. The van der Waals surface area contributed by atoms with Crippen molar-refractivity contribution in [2.75, 3.05) is 30.9 Å². The zero-order valence-corrected chi connectivity index (χ0v) is 12.5. The van der Waals surface area contributed by atoms with Crippen molar-refractivity contribution in [1.82, 2.24) is 0 Å². The second kappa shape index (κ2) is 6.64. The Hall–Kier alpha value is -2.00. The van der Waals surface area contributed by atoms with E-state index in [1.54, 1.807) is 7.11 Å². The van der Waals surface area contributed by atoms with Crippen LogP contribution in [-0.2, 0) is 24.1 Å². The van der Waals surface area contributed by atoms with Crippen LogP contribution < -0.4 is 10.6 Å². The highest BCUT2D eigenvalue weighted by molar-refractivity contribution is 5.62. The molecule has 3 heteroatoms. The Kier molecular flexibility index (Phi) is 4.41. The average molecular weight is 282 g/mol. The number of rotatable bonds is 6. The van der Waals surface area contributed by atoms with E-state index in [-0.39, 0.29) is 0 Å². The smallest absolute Gasteiger partial charge is 0.0503 e. The molecule has 2 aromatic rings. The zero-order chi connectivity index (χ0) is 14.5. The van der Waals surface area contributed by atoms with Gasteiger partial charge in [-0.05, 0) is 35.6 Å². The van der Waals surface area contributed by atoms with Gasteiger partial charge in [-0.3, -0.25) is 0 Å². The highest BCUT2D eigenvalue weighted by Gasteiger charge is 2.13. The zero-order valence-electron chi connectivity index (χ0n) is 12.5. The third kappa shape index (κ3) is 3.19. The van der Waals surface area contributed by atoms with Gasteiger partial charge in [0.1, 0.15) is 0 Å². The summed E-state index contributed by atoms with van der Waals surface area (Å²) in [5.41, 5.74) is 6.60. The molecule has 2 N–H and O–H groups in total. The molecule has 1 aliphatic rings. The fraction of sp³-hybridized carbons (Fsp3) is 0.333. The van der Waals surface area contributed by atoms with Gasteiger partial charge in [0.15, 0.2) is 0 Å². The Balaban J connectivity index is 1.72. The van der Waals surface area contributed by atoms with Gasteiger partial charge in [0.2, 0.25) is 0 Å². The number of nitrogens with one attached hydrogen (secondary N) is 2. The van der Waals surface area contributed by atoms with E-state index < -0.39 is 0 Å². The predicted octanol–water partition coefficient (Wildman–Crippen LogP) is 3.46. The van der Waals surface area contributed by atoms with Crippen molar-refractivity contribution in [3.63, 3.8) is 0 Å². The first-order valence-electron chi connectivity index (χ1n) is 7.54. The number of para-hydroxylation sites is 2. The van der Waals surface area contributed by atoms with Crippen molar-refractivity contribution in [2.24, 2.45) is 0 Å². The maximum Gasteiger partial charge on any atom is 0.0503 e. The molecule has 0 spiro atoms. The molecule has 1 aliphatic heterocycles. The second-order valence-electron chi connectivity index (χ2n) is 5.38. The van der Waals surface area contributed by atoms with Gasteiger partial charge in [-0.25, -0.2) is 0 Å². The van der Waals surface area contributed by atoms with E-state index in [4.69, 9.17) is 4.74 Å². The molecule has 0 unspecified atom stereocenters. The summed E-state index contributed by atoms with van der Waals surface area (Å²) in [6.07, 6.45) is 2.07. The van der Waals surface area contributed by atoms with Gasteiger partial charge < -0.3 is 15.4 Å². The standard InChI is InChI=1S/C18H22N2O/c1-21-12-10-14-5-2-3-8-17(14)20-13-16-7-4-6-15-9-11-19-18(15)16/h2-8,19-20H,9-13H2,1H3. The molecule has 0 saturated carbocycles. The minimum absolute atomic E-state index is 0.751. The average Bonchev–Trinajstić information content (AvgIpc) is 3.01. The molecule has 0 amide bonds. The first kappa shape index (κ1) is 14.0. The monoisotopic (exact) mass is 282 g/mol. The molecule has 1 heterocycles. The maximum atomic E-state index is 5.19. The molecule has 0 bridgehead atoms. The van der Waals surface area contributed by atoms with Gasteiger partial charge in [0.25, 0.3) is 0 Å². The van der Waals surface area contributed by atoms with Crippen LogP contribution in [0.15, 0.2) is 42.5 Å². The lowest BCUT2D eigenvalue weighted by Gasteiger charge is -2.14. The summed E-state index contributed by atoms with van der Waals surface area (Å²) < 4.78 is 5.19. The van der Waals surface area contributed by atoms with Gasteiger partial charge >= 0.3 is 0 Å². The van der Waals surface area contributed by atoms with E-state index in [1.165, 1.54) is 28.1 Å². The molecule has 2 aromatic carbocycles. The van der Waals surface area contributed by atoms with Crippen LogP contribution in [-0.4, -0.2) is 20.3 Å². The SMILES string of the molecule is COCCc1ccccc1NCc1cccc2c1NCC2. The Morgan fingerprint density at radius 3 is 2.86 bits per heavy atom. The Morgan fingerprint density at radius 2 is 1.95 bits per heavy atom. The largest absolute Gasteiger partial charge is 0.384 e. The molecule has 21 heavy (non-hydrogen) atoms. The molecule has 0 saturated heterocycles. The van der Waals surface area contributed by atoms with Gasteiger partial charge in [-0.2, -0.15) is 0 Å². The van der Waals surface area contributed by atoms with Crippen molar-refractivity contribution in [3.8, 4) is 0 Å². The first-order valence-corrected chi connectivity index (χ1v) is 7.54. The van der Waals surface area contributed by atoms with Crippen LogP contribution in [0, 0.1) is 0 Å². The van der Waals surface area contributed by atoms with Gasteiger partial charge in [-0.1, -0.05) is 36.4 Å². The van der Waals surface area contributed by atoms with E-state index in [1.807, 2.05) is 0 Å². The number of benzene rings is 2. The van der Waals surface area contributed by atoms with E-state index in [2.05, 4.69) is 53.1 Å². The minimum atomic E-state index is 0.751. The van der Waals surface area contributed by atoms with Crippen molar-refractivity contribution in [2.45, 2.75) is 19.4 Å². The van der Waals surface area contributed by atoms with E-state index in [0.717, 1.165) is 32.5 Å². The molecule has 0 atom stereocenters. The Labute approximate surface area is 126 Å². The lowest BCUT2D eigenvalue weighted by Crippen LogP contribution is -2.06. The van der Waals surface area contributed by atoms with Crippen LogP contribution in [0.3, 0.4) is 0 Å².